The van der Waals surface area contributed by atoms with Crippen LogP contribution in [0.5, 0.6) is 0 Å². The average molecular weight is 431 g/mol. The molecule has 1 heterocycles. The molecule has 2 atom stereocenters. The number of oxazole rings is 1. The number of rotatable bonds is 10. The molecule has 160 valence electrons. The van der Waals surface area contributed by atoms with Gasteiger partial charge in [-0.05, 0) is 24.1 Å². The van der Waals surface area contributed by atoms with E-state index < -0.39 is 27.9 Å². The van der Waals surface area contributed by atoms with Crippen LogP contribution >= 0.6 is 0 Å². The Hall–Kier alpha value is -2.71. The topological polar surface area (TPSA) is 110 Å². The molecule has 7 nitrogen and oxygen atoms in total. The van der Waals surface area contributed by atoms with Gasteiger partial charge in [0.15, 0.2) is 21.5 Å². The monoisotopic (exact) mass is 430 g/mol. The molecule has 3 rings (SSSR count). The first-order chi connectivity index (χ1) is 14.4. The smallest absolute Gasteiger partial charge is 0.226 e. The van der Waals surface area contributed by atoms with Crippen LogP contribution in [0.4, 0.5) is 0 Å². The Morgan fingerprint density at radius 2 is 1.83 bits per heavy atom. The summed E-state index contributed by atoms with van der Waals surface area (Å²) >= 11 is 0. The largest absolute Gasteiger partial charge is 0.438 e. The van der Waals surface area contributed by atoms with Gasteiger partial charge in [-0.25, -0.2) is 13.4 Å². The number of para-hydroxylation sites is 2. The number of aromatic nitrogens is 1. The second-order valence-corrected chi connectivity index (χ2v) is 9.44. The number of fused-ring (bicyclic) bond motifs is 1. The molecule has 1 amide bonds. The van der Waals surface area contributed by atoms with Crippen molar-refractivity contribution in [2.45, 2.75) is 44.1 Å². The van der Waals surface area contributed by atoms with Gasteiger partial charge in [0.05, 0.1) is 17.5 Å². The van der Waals surface area contributed by atoms with E-state index in [9.17, 15) is 18.3 Å². The Labute approximate surface area is 176 Å². The summed E-state index contributed by atoms with van der Waals surface area (Å²) < 4.78 is 30.2. The second-order valence-electron chi connectivity index (χ2n) is 7.25. The van der Waals surface area contributed by atoms with Gasteiger partial charge in [-0.15, -0.1) is 0 Å². The third kappa shape index (κ3) is 5.90. The van der Waals surface area contributed by atoms with Gasteiger partial charge in [0.2, 0.25) is 11.8 Å². The highest BCUT2D eigenvalue weighted by atomic mass is 32.2. The van der Waals surface area contributed by atoms with Gasteiger partial charge in [-0.1, -0.05) is 55.8 Å². The summed E-state index contributed by atoms with van der Waals surface area (Å²) in [5, 5.41) is 13.4. The number of hydrogen-bond donors (Lipinski definition) is 2. The van der Waals surface area contributed by atoms with Gasteiger partial charge in [0.25, 0.3) is 0 Å². The maximum atomic E-state index is 12.4. The summed E-state index contributed by atoms with van der Waals surface area (Å²) in [7, 11) is -3.42. The van der Waals surface area contributed by atoms with Crippen molar-refractivity contribution in [3.05, 3.63) is 66.1 Å². The van der Waals surface area contributed by atoms with Crippen molar-refractivity contribution >= 4 is 26.8 Å². The number of sulfone groups is 1. The molecule has 3 aromatic rings. The van der Waals surface area contributed by atoms with E-state index in [0.717, 1.165) is 0 Å². The van der Waals surface area contributed by atoms with Crippen LogP contribution in [0.2, 0.25) is 0 Å². The lowest BCUT2D eigenvalue weighted by Gasteiger charge is -2.21. The normalized spacial score (nSPS) is 13.8. The highest BCUT2D eigenvalue weighted by molar-refractivity contribution is 7.90. The summed E-state index contributed by atoms with van der Waals surface area (Å²) in [6.45, 7) is 1.93. The first kappa shape index (κ1) is 22.0. The number of carbonyl (C=O) groups is 1. The number of hydrogen-bond acceptors (Lipinski definition) is 6. The number of nitrogens with one attached hydrogen (secondary N) is 1. The van der Waals surface area contributed by atoms with Crippen LogP contribution in [-0.4, -0.2) is 36.2 Å². The Balaban J connectivity index is 1.60. The average Bonchev–Trinajstić information content (AvgIpc) is 3.16. The number of benzene rings is 2. The molecule has 0 spiro atoms. The van der Waals surface area contributed by atoms with Crippen molar-refractivity contribution in [1.29, 1.82) is 0 Å². The van der Waals surface area contributed by atoms with E-state index in [4.69, 9.17) is 4.42 Å². The molecule has 0 aliphatic carbocycles. The number of aliphatic hydroxyl groups is 1. The van der Waals surface area contributed by atoms with Crippen LogP contribution in [-0.2, 0) is 20.4 Å². The highest BCUT2D eigenvalue weighted by Gasteiger charge is 2.27. The van der Waals surface area contributed by atoms with Crippen LogP contribution < -0.4 is 5.32 Å². The van der Waals surface area contributed by atoms with Crippen LogP contribution in [0.1, 0.15) is 43.7 Å². The van der Waals surface area contributed by atoms with Crippen molar-refractivity contribution < 1.29 is 22.7 Å². The van der Waals surface area contributed by atoms with E-state index in [-0.39, 0.29) is 23.8 Å². The van der Waals surface area contributed by atoms with Crippen LogP contribution in [0, 0.1) is 0 Å². The lowest BCUT2D eigenvalue weighted by molar-refractivity contribution is -0.122. The third-order valence-electron chi connectivity index (χ3n) is 4.76. The second kappa shape index (κ2) is 9.86. The molecule has 0 saturated heterocycles. The number of amides is 1. The Kier molecular flexibility index (Phi) is 7.23. The zero-order chi connectivity index (χ0) is 21.6. The van der Waals surface area contributed by atoms with Gasteiger partial charge in [-0.2, -0.15) is 0 Å². The molecule has 1 aromatic heterocycles. The van der Waals surface area contributed by atoms with E-state index >= 15 is 0 Å². The lowest BCUT2D eigenvalue weighted by atomic mass is 10.1. The molecule has 0 fully saturated rings. The predicted molar refractivity (Wildman–Crippen MR) is 114 cm³/mol. The zero-order valence-electron chi connectivity index (χ0n) is 16.8. The number of carbonyl (C=O) groups excluding carboxylic acids is 1. The van der Waals surface area contributed by atoms with Gasteiger partial charge >= 0.3 is 0 Å². The summed E-state index contributed by atoms with van der Waals surface area (Å²) in [6.07, 6.45) is -0.0747. The molecular formula is C22H26N2O5S. The zero-order valence-corrected chi connectivity index (χ0v) is 17.6. The summed E-state index contributed by atoms with van der Waals surface area (Å²) in [5.41, 5.74) is 1.87. The van der Waals surface area contributed by atoms with Crippen LogP contribution in [0.3, 0.4) is 0 Å². The van der Waals surface area contributed by atoms with Gasteiger partial charge < -0.3 is 14.8 Å². The number of nitrogens with zero attached hydrogens (tertiary/aromatic N) is 1. The molecule has 0 aliphatic heterocycles. The molecule has 30 heavy (non-hydrogen) atoms. The van der Waals surface area contributed by atoms with Crippen molar-refractivity contribution in [3.63, 3.8) is 0 Å². The van der Waals surface area contributed by atoms with E-state index in [1.807, 2.05) is 25.1 Å². The quantitative estimate of drug-likeness (QED) is 0.511. The van der Waals surface area contributed by atoms with Gasteiger partial charge in [-0.3, -0.25) is 4.79 Å². The fraction of sp³-hybridized carbons (Fsp3) is 0.364. The Morgan fingerprint density at radius 3 is 2.53 bits per heavy atom. The van der Waals surface area contributed by atoms with E-state index in [1.54, 1.807) is 36.4 Å². The SMILES string of the molecule is CCC[C@H](NC(=O)CCS(=O)(=O)Cc1ccccc1)C(O)c1nc2ccccc2o1. The maximum Gasteiger partial charge on any atom is 0.226 e. The minimum Gasteiger partial charge on any atom is -0.438 e. The Morgan fingerprint density at radius 1 is 1.13 bits per heavy atom. The minimum atomic E-state index is -3.42. The summed E-state index contributed by atoms with van der Waals surface area (Å²) in [6, 6.07) is 15.4. The fourth-order valence-corrected chi connectivity index (χ4v) is 4.58. The highest BCUT2D eigenvalue weighted by Crippen LogP contribution is 2.24. The third-order valence-corrected chi connectivity index (χ3v) is 6.36. The molecule has 0 radical (unpaired) electrons. The van der Waals surface area contributed by atoms with Crippen molar-refractivity contribution in [2.75, 3.05) is 5.75 Å². The lowest BCUT2D eigenvalue weighted by Crippen LogP contribution is -2.40. The van der Waals surface area contributed by atoms with Crippen LogP contribution in [0.15, 0.2) is 59.0 Å². The van der Waals surface area contributed by atoms with Crippen molar-refractivity contribution in [2.24, 2.45) is 0 Å². The molecule has 2 aromatic carbocycles. The molecule has 0 bridgehead atoms. The van der Waals surface area contributed by atoms with E-state index in [0.29, 0.717) is 29.5 Å². The van der Waals surface area contributed by atoms with Gasteiger partial charge in [0.1, 0.15) is 5.52 Å². The molecule has 1 unspecified atom stereocenters. The predicted octanol–water partition coefficient (Wildman–Crippen LogP) is 3.15. The molecule has 2 N–H and O–H groups in total. The number of aliphatic hydroxyl groups excluding tert-OH is 1. The fourth-order valence-electron chi connectivity index (χ4n) is 3.24. The minimum absolute atomic E-state index is 0.106. The van der Waals surface area contributed by atoms with Crippen molar-refractivity contribution in [3.8, 4) is 0 Å². The first-order valence-corrected chi connectivity index (χ1v) is 11.8. The van der Waals surface area contributed by atoms with E-state index in [1.165, 1.54) is 0 Å². The van der Waals surface area contributed by atoms with Crippen molar-refractivity contribution in [1.82, 2.24) is 10.3 Å². The molecule has 0 aliphatic rings. The first-order valence-electron chi connectivity index (χ1n) is 9.95. The maximum absolute atomic E-state index is 12.4. The summed E-state index contributed by atoms with van der Waals surface area (Å²) in [5.74, 6) is -0.664. The molecule has 8 heteroatoms. The molecular weight excluding hydrogens is 404 g/mol. The summed E-state index contributed by atoms with van der Waals surface area (Å²) in [4.78, 5) is 16.7. The van der Waals surface area contributed by atoms with E-state index in [2.05, 4.69) is 10.3 Å². The Bertz CT molecular complexity index is 1050. The molecule has 0 saturated carbocycles. The van der Waals surface area contributed by atoms with Crippen LogP contribution in [0.25, 0.3) is 11.1 Å². The standard InChI is InChI=1S/C22H26N2O5S/c1-2-8-18(21(26)22-24-17-11-6-7-12-19(17)29-22)23-20(25)13-14-30(27,28)15-16-9-4-3-5-10-16/h3-7,9-12,18,21,26H,2,8,13-15H2,1H3,(H,23,25)/t18-,21?/m0/s1. The van der Waals surface area contributed by atoms with Gasteiger partial charge in [0, 0.05) is 6.42 Å².